The van der Waals surface area contributed by atoms with Crippen LogP contribution in [0.25, 0.3) is 11.2 Å². The molecule has 0 spiro atoms. The summed E-state index contributed by atoms with van der Waals surface area (Å²) in [6.07, 6.45) is 4.83. The molecule has 7 nitrogen and oxygen atoms in total. The summed E-state index contributed by atoms with van der Waals surface area (Å²) < 4.78 is 1.67. The number of rotatable bonds is 1. The number of aromatic nitrogens is 4. The summed E-state index contributed by atoms with van der Waals surface area (Å²) in [7, 11) is 0. The zero-order chi connectivity index (χ0) is 15.4. The van der Waals surface area contributed by atoms with Crippen molar-refractivity contribution in [1.29, 1.82) is 0 Å². The largest absolute Gasteiger partial charge is 0.388 e. The lowest BCUT2D eigenvalue weighted by atomic mass is 9.82. The number of allylic oxidation sites excluding steroid dienone is 1. The Balaban J connectivity index is 1.85. The fraction of sp³-hybridized carbons (Fsp3) is 0.429. The van der Waals surface area contributed by atoms with E-state index in [0.29, 0.717) is 17.6 Å². The third-order valence-corrected chi connectivity index (χ3v) is 4.86. The minimum absolute atomic E-state index is 0.200. The van der Waals surface area contributed by atoms with Gasteiger partial charge in [0.15, 0.2) is 16.6 Å². The molecule has 2 aromatic rings. The first-order valence-electron chi connectivity index (χ1n) is 6.99. The van der Waals surface area contributed by atoms with Crippen molar-refractivity contribution >= 4 is 28.5 Å². The fourth-order valence-corrected chi connectivity index (χ4v) is 3.80. The van der Waals surface area contributed by atoms with E-state index in [2.05, 4.69) is 15.0 Å². The van der Waals surface area contributed by atoms with Crippen molar-refractivity contribution in [3.05, 3.63) is 30.0 Å². The van der Waals surface area contributed by atoms with Gasteiger partial charge in [0.05, 0.1) is 24.4 Å². The smallest absolute Gasteiger partial charge is 0.169 e. The number of fused-ring (bicyclic) bond motifs is 2. The number of aliphatic hydroxyl groups excluding tert-OH is 2. The summed E-state index contributed by atoms with van der Waals surface area (Å²) in [5.41, 5.74) is 0.903. The van der Waals surface area contributed by atoms with Crippen LogP contribution in [0.15, 0.2) is 24.8 Å². The molecule has 2 N–H and O–H groups in total. The van der Waals surface area contributed by atoms with Gasteiger partial charge in [0, 0.05) is 0 Å². The molecule has 0 aliphatic heterocycles. The summed E-state index contributed by atoms with van der Waals surface area (Å²) in [4.78, 5) is 24.5. The molecule has 0 aromatic carbocycles. The normalized spacial score (nSPS) is 34.3. The Morgan fingerprint density at radius 1 is 1.27 bits per heavy atom. The number of nitrogens with zero attached hydrogens (tertiary/aromatic N) is 4. The highest BCUT2D eigenvalue weighted by atomic mass is 35.5. The third-order valence-electron chi connectivity index (χ3n) is 4.59. The second kappa shape index (κ2) is 4.84. The van der Waals surface area contributed by atoms with Crippen LogP contribution in [0.1, 0.15) is 12.5 Å². The lowest BCUT2D eigenvalue weighted by molar-refractivity contribution is -0.130. The third kappa shape index (κ3) is 1.76. The van der Waals surface area contributed by atoms with Crippen LogP contribution in [-0.4, -0.2) is 47.7 Å². The lowest BCUT2D eigenvalue weighted by Gasteiger charge is -2.28. The first-order chi connectivity index (χ1) is 10.6. The van der Waals surface area contributed by atoms with Crippen LogP contribution in [0.5, 0.6) is 0 Å². The SMILES string of the molecule is O=C1C2C(O)C=CCC2[C@@H](n2cnc3c(Cl)ncnc32)[C@@H]1O. The van der Waals surface area contributed by atoms with Gasteiger partial charge in [0.2, 0.25) is 0 Å². The van der Waals surface area contributed by atoms with Gasteiger partial charge >= 0.3 is 0 Å². The highest BCUT2D eigenvalue weighted by Crippen LogP contribution is 2.45. The Labute approximate surface area is 130 Å². The number of aliphatic hydroxyl groups is 2. The van der Waals surface area contributed by atoms with Crippen LogP contribution >= 0.6 is 11.6 Å². The molecule has 0 saturated heterocycles. The van der Waals surface area contributed by atoms with Crippen molar-refractivity contribution in [3.63, 3.8) is 0 Å². The van der Waals surface area contributed by atoms with Crippen LogP contribution in [0.3, 0.4) is 0 Å². The molecule has 1 fully saturated rings. The van der Waals surface area contributed by atoms with Crippen LogP contribution in [-0.2, 0) is 4.79 Å². The number of imidazole rings is 1. The van der Waals surface area contributed by atoms with Gasteiger partial charge in [-0.2, -0.15) is 0 Å². The molecule has 0 amide bonds. The quantitative estimate of drug-likeness (QED) is 0.587. The maximum atomic E-state index is 12.3. The Hall–Kier alpha value is -1.83. The summed E-state index contributed by atoms with van der Waals surface area (Å²) >= 11 is 6.00. The molecule has 2 aliphatic carbocycles. The molecule has 5 atom stereocenters. The van der Waals surface area contributed by atoms with Gasteiger partial charge in [-0.05, 0) is 12.3 Å². The standard InChI is InChI=1S/C14H13ClN4O3/c15-13-9-14(17-4-16-13)19(5-18-9)10-6-2-1-3-7(20)8(6)11(21)12(10)22/h1,3-8,10,12,20,22H,2H2/t6?,7?,8?,10-,12+/m1/s1. The van der Waals surface area contributed by atoms with Crippen LogP contribution in [0, 0.1) is 11.8 Å². The predicted molar refractivity (Wildman–Crippen MR) is 77.1 cm³/mol. The first-order valence-corrected chi connectivity index (χ1v) is 7.37. The molecule has 8 heteroatoms. The van der Waals surface area contributed by atoms with Crippen molar-refractivity contribution in [1.82, 2.24) is 19.5 Å². The maximum absolute atomic E-state index is 12.3. The van der Waals surface area contributed by atoms with Gasteiger partial charge in [-0.1, -0.05) is 23.8 Å². The second-order valence-corrected chi connectivity index (χ2v) is 6.03. The molecule has 1 saturated carbocycles. The monoisotopic (exact) mass is 320 g/mol. The van der Waals surface area contributed by atoms with Gasteiger partial charge in [-0.3, -0.25) is 4.79 Å². The molecule has 3 unspecified atom stereocenters. The van der Waals surface area contributed by atoms with Crippen molar-refractivity contribution < 1.29 is 15.0 Å². The molecule has 22 heavy (non-hydrogen) atoms. The fourth-order valence-electron chi connectivity index (χ4n) is 3.63. The van der Waals surface area contributed by atoms with Crippen molar-refractivity contribution in [2.45, 2.75) is 24.7 Å². The predicted octanol–water partition coefficient (Wildman–Crippen LogP) is 0.518. The number of hydrogen-bond acceptors (Lipinski definition) is 6. The van der Waals surface area contributed by atoms with Crippen LogP contribution < -0.4 is 0 Å². The maximum Gasteiger partial charge on any atom is 0.169 e. The number of hydrogen-bond donors (Lipinski definition) is 2. The van der Waals surface area contributed by atoms with E-state index in [1.807, 2.05) is 6.08 Å². The van der Waals surface area contributed by atoms with Gasteiger partial charge in [0.1, 0.15) is 17.9 Å². The molecule has 2 aromatic heterocycles. The van der Waals surface area contributed by atoms with Crippen molar-refractivity contribution in [2.24, 2.45) is 11.8 Å². The average molecular weight is 321 g/mol. The van der Waals surface area contributed by atoms with Gasteiger partial charge < -0.3 is 14.8 Å². The second-order valence-electron chi connectivity index (χ2n) is 5.67. The van der Waals surface area contributed by atoms with Crippen LogP contribution in [0.4, 0.5) is 0 Å². The van der Waals surface area contributed by atoms with E-state index in [-0.39, 0.29) is 16.9 Å². The molecular weight excluding hydrogens is 308 g/mol. The van der Waals surface area contributed by atoms with Crippen molar-refractivity contribution in [3.8, 4) is 0 Å². The zero-order valence-corrected chi connectivity index (χ0v) is 12.1. The van der Waals surface area contributed by atoms with Gasteiger partial charge in [-0.15, -0.1) is 0 Å². The summed E-state index contributed by atoms with van der Waals surface area (Å²) in [6, 6.07) is -0.520. The first kappa shape index (κ1) is 13.8. The number of ketones is 1. The molecule has 0 radical (unpaired) electrons. The van der Waals surface area contributed by atoms with E-state index in [4.69, 9.17) is 11.6 Å². The molecule has 114 valence electrons. The topological polar surface area (TPSA) is 101 Å². The Bertz CT molecular complexity index is 789. The van der Waals surface area contributed by atoms with E-state index in [1.165, 1.54) is 12.7 Å². The zero-order valence-electron chi connectivity index (χ0n) is 11.4. The summed E-state index contributed by atoms with van der Waals surface area (Å²) in [5, 5.41) is 20.7. The summed E-state index contributed by atoms with van der Waals surface area (Å²) in [5.74, 6) is -1.14. The summed E-state index contributed by atoms with van der Waals surface area (Å²) in [6.45, 7) is 0. The van der Waals surface area contributed by atoms with E-state index < -0.39 is 24.2 Å². The van der Waals surface area contributed by atoms with Gasteiger partial charge in [0.25, 0.3) is 0 Å². The lowest BCUT2D eigenvalue weighted by Crippen LogP contribution is -2.32. The Morgan fingerprint density at radius 2 is 2.09 bits per heavy atom. The minimum Gasteiger partial charge on any atom is -0.388 e. The van der Waals surface area contributed by atoms with Crippen molar-refractivity contribution in [2.75, 3.05) is 0 Å². The number of carbonyl (C=O) groups excluding carboxylic acids is 1. The van der Waals surface area contributed by atoms with E-state index in [1.54, 1.807) is 10.6 Å². The molecule has 2 aliphatic rings. The highest BCUT2D eigenvalue weighted by molar-refractivity contribution is 6.33. The van der Waals surface area contributed by atoms with E-state index in [0.717, 1.165) is 0 Å². The number of carbonyl (C=O) groups is 1. The van der Waals surface area contributed by atoms with Gasteiger partial charge in [-0.25, -0.2) is 15.0 Å². The molecular formula is C14H13ClN4O3. The molecule has 0 bridgehead atoms. The Kier molecular flexibility index (Phi) is 3.04. The number of Topliss-reactive ketones (excluding diaryl/α,β-unsaturated/α-hetero) is 1. The molecule has 2 heterocycles. The minimum atomic E-state index is -1.20. The van der Waals surface area contributed by atoms with E-state index >= 15 is 0 Å². The van der Waals surface area contributed by atoms with Crippen LogP contribution in [0.2, 0.25) is 5.15 Å². The van der Waals surface area contributed by atoms with E-state index in [9.17, 15) is 15.0 Å². The molecule has 4 rings (SSSR count). The Morgan fingerprint density at radius 3 is 2.91 bits per heavy atom. The number of halogens is 1. The highest BCUT2D eigenvalue weighted by Gasteiger charge is 2.53. The average Bonchev–Trinajstić information content (AvgIpc) is 3.02.